The van der Waals surface area contributed by atoms with Crippen LogP contribution in [0, 0.1) is 11.8 Å². The molecule has 3 aliphatic rings. The smallest absolute Gasteiger partial charge is 0.289 e. The lowest BCUT2D eigenvalue weighted by Crippen LogP contribution is -2.62. The van der Waals surface area contributed by atoms with E-state index in [1.54, 1.807) is 0 Å². The summed E-state index contributed by atoms with van der Waals surface area (Å²) < 4.78 is 0. The van der Waals surface area contributed by atoms with E-state index in [-0.39, 0.29) is 16.7 Å². The minimum Gasteiger partial charge on any atom is -0.289 e. The first-order valence-electron chi connectivity index (χ1n) is 9.23. The number of allylic oxidation sites excluding steroid dienone is 5. The summed E-state index contributed by atoms with van der Waals surface area (Å²) in [6, 6.07) is -1.77. The van der Waals surface area contributed by atoms with Gasteiger partial charge in [-0.05, 0) is 18.1 Å². The van der Waals surface area contributed by atoms with E-state index in [1.165, 1.54) is 25.2 Å². The van der Waals surface area contributed by atoms with Crippen LogP contribution in [0.15, 0.2) is 34.9 Å². The van der Waals surface area contributed by atoms with Crippen LogP contribution in [0.1, 0.15) is 6.92 Å². The standard InChI is InChI=1S/C20H20N4O7/c1-9-7-6-8-10(14(9)25)11(12-15(26)21(2)19(30)22(3)16(12)27)13-17(28)23(4)20(31)24(5)18(13)29/h6-8,12-13H,1-5H3. The number of barbiturate groups is 2. The second-order valence-corrected chi connectivity index (χ2v) is 7.43. The summed E-state index contributed by atoms with van der Waals surface area (Å²) in [4.78, 5) is 92.0. The van der Waals surface area contributed by atoms with Gasteiger partial charge in [0.2, 0.25) is 23.6 Å². The van der Waals surface area contributed by atoms with Gasteiger partial charge in [-0.15, -0.1) is 0 Å². The highest BCUT2D eigenvalue weighted by Gasteiger charge is 2.53. The molecule has 3 rings (SSSR count). The van der Waals surface area contributed by atoms with Crippen molar-refractivity contribution in [3.63, 3.8) is 0 Å². The van der Waals surface area contributed by atoms with Crippen molar-refractivity contribution in [2.75, 3.05) is 28.2 Å². The van der Waals surface area contributed by atoms with Gasteiger partial charge in [-0.1, -0.05) is 18.2 Å². The van der Waals surface area contributed by atoms with E-state index in [9.17, 15) is 33.6 Å². The summed E-state index contributed by atoms with van der Waals surface area (Å²) in [6.45, 7) is 1.50. The molecule has 0 unspecified atom stereocenters. The second kappa shape index (κ2) is 7.42. The van der Waals surface area contributed by atoms with Gasteiger partial charge in [-0.25, -0.2) is 9.59 Å². The molecule has 1 aliphatic carbocycles. The molecule has 8 amide bonds. The van der Waals surface area contributed by atoms with Crippen LogP contribution in [0.3, 0.4) is 0 Å². The van der Waals surface area contributed by atoms with E-state index >= 15 is 0 Å². The number of urea groups is 2. The first kappa shape index (κ1) is 21.8. The molecule has 0 N–H and O–H groups in total. The number of hydrogen-bond acceptors (Lipinski definition) is 7. The molecule has 0 aromatic heterocycles. The molecule has 2 fully saturated rings. The zero-order valence-electron chi connectivity index (χ0n) is 17.5. The first-order valence-corrected chi connectivity index (χ1v) is 9.23. The Morgan fingerprint density at radius 2 is 1.03 bits per heavy atom. The Morgan fingerprint density at radius 1 is 0.677 bits per heavy atom. The van der Waals surface area contributed by atoms with Crippen LogP contribution < -0.4 is 0 Å². The lowest BCUT2D eigenvalue weighted by atomic mass is 9.77. The molecule has 2 saturated heterocycles. The van der Waals surface area contributed by atoms with Crippen molar-refractivity contribution < 1.29 is 33.6 Å². The summed E-state index contributed by atoms with van der Waals surface area (Å²) in [6.07, 6.45) is 4.29. The van der Waals surface area contributed by atoms with Crippen molar-refractivity contribution in [2.45, 2.75) is 6.92 Å². The number of amides is 8. The molecule has 11 nitrogen and oxygen atoms in total. The minimum absolute atomic E-state index is 0.175. The highest BCUT2D eigenvalue weighted by Crippen LogP contribution is 2.36. The fourth-order valence-corrected chi connectivity index (χ4v) is 3.70. The van der Waals surface area contributed by atoms with E-state index < -0.39 is 53.3 Å². The number of carbonyl (C=O) groups is 7. The fraction of sp³-hybridized carbons (Fsp3) is 0.350. The first-order chi connectivity index (χ1) is 14.4. The number of ketones is 1. The summed E-state index contributed by atoms with van der Waals surface area (Å²) >= 11 is 0. The molecule has 31 heavy (non-hydrogen) atoms. The Balaban J connectivity index is 2.31. The summed E-state index contributed by atoms with van der Waals surface area (Å²) in [5.41, 5.74) is -0.265. The molecule has 0 aromatic rings. The monoisotopic (exact) mass is 428 g/mol. The van der Waals surface area contributed by atoms with Crippen molar-refractivity contribution >= 4 is 41.5 Å². The van der Waals surface area contributed by atoms with Gasteiger partial charge in [-0.2, -0.15) is 0 Å². The average Bonchev–Trinajstić information content (AvgIpc) is 2.74. The van der Waals surface area contributed by atoms with Crippen molar-refractivity contribution in [1.29, 1.82) is 0 Å². The Morgan fingerprint density at radius 3 is 1.39 bits per heavy atom. The van der Waals surface area contributed by atoms with Crippen LogP contribution in [-0.2, 0) is 24.0 Å². The lowest BCUT2D eigenvalue weighted by Gasteiger charge is -2.39. The molecular formula is C20H20N4O7. The molecule has 0 aromatic carbocycles. The number of hydrogen-bond donors (Lipinski definition) is 0. The van der Waals surface area contributed by atoms with E-state index in [4.69, 9.17) is 0 Å². The summed E-state index contributed by atoms with van der Waals surface area (Å²) in [7, 11) is 4.61. The van der Waals surface area contributed by atoms with Crippen molar-refractivity contribution in [3.8, 4) is 0 Å². The van der Waals surface area contributed by atoms with Crippen LogP contribution in [0.4, 0.5) is 9.59 Å². The largest absolute Gasteiger partial charge is 0.332 e. The van der Waals surface area contributed by atoms with Gasteiger partial charge in [0.05, 0.1) is 0 Å². The van der Waals surface area contributed by atoms with Crippen LogP contribution in [0.25, 0.3) is 0 Å². The zero-order valence-corrected chi connectivity index (χ0v) is 17.5. The number of rotatable bonds is 2. The predicted molar refractivity (Wildman–Crippen MR) is 104 cm³/mol. The van der Waals surface area contributed by atoms with Crippen molar-refractivity contribution in [3.05, 3.63) is 34.9 Å². The molecule has 11 heteroatoms. The normalized spacial score (nSPS) is 21.6. The van der Waals surface area contributed by atoms with Crippen LogP contribution >= 0.6 is 0 Å². The molecule has 0 radical (unpaired) electrons. The molecule has 0 bridgehead atoms. The quantitative estimate of drug-likeness (QED) is 0.436. The van der Waals surface area contributed by atoms with Gasteiger partial charge in [0.25, 0.3) is 0 Å². The molecule has 2 heterocycles. The third kappa shape index (κ3) is 3.09. The third-order valence-electron chi connectivity index (χ3n) is 5.60. The number of nitrogens with zero attached hydrogens (tertiary/aromatic N) is 4. The van der Waals surface area contributed by atoms with Crippen LogP contribution in [0.5, 0.6) is 0 Å². The van der Waals surface area contributed by atoms with Gasteiger partial charge >= 0.3 is 12.1 Å². The molecule has 162 valence electrons. The summed E-state index contributed by atoms with van der Waals surface area (Å²) in [5, 5.41) is 0. The average molecular weight is 428 g/mol. The molecule has 2 aliphatic heterocycles. The van der Waals surface area contributed by atoms with Crippen molar-refractivity contribution in [1.82, 2.24) is 19.6 Å². The molecule has 0 saturated carbocycles. The topological polar surface area (TPSA) is 132 Å². The highest BCUT2D eigenvalue weighted by molar-refractivity contribution is 6.24. The third-order valence-corrected chi connectivity index (χ3v) is 5.60. The second-order valence-electron chi connectivity index (χ2n) is 7.43. The van der Waals surface area contributed by atoms with E-state index in [0.717, 1.165) is 28.2 Å². The Labute approximate surface area is 177 Å². The van der Waals surface area contributed by atoms with Gasteiger partial charge in [0.1, 0.15) is 11.8 Å². The molecular weight excluding hydrogens is 408 g/mol. The van der Waals surface area contributed by atoms with Gasteiger partial charge in [0, 0.05) is 33.8 Å². The van der Waals surface area contributed by atoms with Gasteiger partial charge in [-0.3, -0.25) is 43.6 Å². The fourth-order valence-electron chi connectivity index (χ4n) is 3.70. The zero-order chi connectivity index (χ0) is 23.4. The van der Waals surface area contributed by atoms with Crippen LogP contribution in [0.2, 0.25) is 0 Å². The Hall–Kier alpha value is -3.89. The van der Waals surface area contributed by atoms with E-state index in [2.05, 4.69) is 0 Å². The maximum Gasteiger partial charge on any atom is 0.332 e. The van der Waals surface area contributed by atoms with Gasteiger partial charge in [0.15, 0.2) is 5.78 Å². The van der Waals surface area contributed by atoms with E-state index in [0.29, 0.717) is 19.6 Å². The Kier molecular flexibility index (Phi) is 5.22. The molecule has 0 atom stereocenters. The molecule has 0 spiro atoms. The van der Waals surface area contributed by atoms with Crippen molar-refractivity contribution in [2.24, 2.45) is 11.8 Å². The Bertz CT molecular complexity index is 961. The SMILES string of the molecule is CC1=CC=CC(=C(C2C(=O)N(C)C(=O)N(C)C2=O)C2C(=O)N(C)C(=O)N(C)C2=O)C1=O. The van der Waals surface area contributed by atoms with Crippen LogP contribution in [-0.4, -0.2) is 89.3 Å². The number of Topliss-reactive ketones (excluding diaryl/α,β-unsaturated/α-hetero) is 1. The lowest BCUT2D eigenvalue weighted by molar-refractivity contribution is -0.148. The summed E-state index contributed by atoms with van der Waals surface area (Å²) in [5.74, 6) is -8.04. The maximum absolute atomic E-state index is 13.0. The number of imide groups is 4. The van der Waals surface area contributed by atoms with E-state index in [1.807, 2.05) is 0 Å². The van der Waals surface area contributed by atoms with Gasteiger partial charge < -0.3 is 0 Å². The number of carbonyl (C=O) groups excluding carboxylic acids is 7. The minimum atomic E-state index is -1.77. The highest BCUT2D eigenvalue weighted by atomic mass is 16.2. The predicted octanol–water partition coefficient (Wildman–Crippen LogP) is -0.299. The maximum atomic E-state index is 13.0.